The van der Waals surface area contributed by atoms with E-state index in [1.165, 1.54) is 64.2 Å². The van der Waals surface area contributed by atoms with Gasteiger partial charge in [-0.05, 0) is 6.42 Å². The van der Waals surface area contributed by atoms with E-state index in [0.717, 1.165) is 11.8 Å². The molecule has 0 saturated carbocycles. The van der Waals surface area contributed by atoms with E-state index in [4.69, 9.17) is 0 Å². The predicted molar refractivity (Wildman–Crippen MR) is 75.5 cm³/mol. The number of nitrogens with zero attached hydrogens (tertiary/aromatic N) is 1. The molecule has 1 nitrogen and oxygen atoms in total. The van der Waals surface area contributed by atoms with Gasteiger partial charge in [0.25, 0.3) is 0 Å². The highest BCUT2D eigenvalue weighted by Gasteiger charge is 2.11. The van der Waals surface area contributed by atoms with Gasteiger partial charge in [-0.25, -0.2) is 0 Å². The zero-order valence-electron chi connectivity index (χ0n) is 10.7. The largest absolute Gasteiger partial charge is 0.274 e. The number of rotatable bonds is 10. The van der Waals surface area contributed by atoms with Gasteiger partial charge in [0.15, 0.2) is 0 Å². The zero-order valence-corrected chi connectivity index (χ0v) is 11.5. The molecule has 1 rings (SSSR count). The Morgan fingerprint density at radius 1 is 1.00 bits per heavy atom. The predicted octanol–water partition coefficient (Wildman–Crippen LogP) is 4.93. The summed E-state index contributed by atoms with van der Waals surface area (Å²) in [6.45, 7) is 3.30. The molecule has 0 aromatic rings. The van der Waals surface area contributed by atoms with E-state index in [2.05, 4.69) is 17.5 Å². The van der Waals surface area contributed by atoms with Crippen LogP contribution in [0.2, 0.25) is 0 Å². The third-order valence-electron chi connectivity index (χ3n) is 3.21. The Kier molecular flexibility index (Phi) is 8.97. The second-order valence-electron chi connectivity index (χ2n) is 4.79. The summed E-state index contributed by atoms with van der Waals surface area (Å²) in [5.74, 6) is 0. The molecule has 0 spiro atoms. The van der Waals surface area contributed by atoms with E-state index in [-0.39, 0.29) is 0 Å². The average molecular weight is 240 g/mol. The standard InChI is InChI=1S/C14H26NS/c1-2-3-4-5-6-7-8-9-10-11-14-12-15-13-16-14/h14H,2-12H2,1H3. The van der Waals surface area contributed by atoms with Crippen molar-refractivity contribution in [2.45, 2.75) is 76.4 Å². The minimum atomic E-state index is 0.754. The van der Waals surface area contributed by atoms with Crippen molar-refractivity contribution in [3.63, 3.8) is 0 Å². The van der Waals surface area contributed by atoms with Crippen molar-refractivity contribution in [1.29, 1.82) is 0 Å². The normalized spacial score (nSPS) is 19.4. The second kappa shape index (κ2) is 10.2. The Hall–Kier alpha value is 0.0200. The Bertz CT molecular complexity index is 172. The summed E-state index contributed by atoms with van der Waals surface area (Å²) >= 11 is 1.80. The van der Waals surface area contributed by atoms with Crippen LogP contribution in [-0.4, -0.2) is 17.3 Å². The molecule has 0 N–H and O–H groups in total. The minimum absolute atomic E-state index is 0.754. The van der Waals surface area contributed by atoms with Crippen LogP contribution in [0.3, 0.4) is 0 Å². The molecule has 0 bridgehead atoms. The highest BCUT2D eigenvalue weighted by atomic mass is 32.2. The Balaban J connectivity index is 1.71. The molecule has 0 fully saturated rings. The van der Waals surface area contributed by atoms with Crippen molar-refractivity contribution >= 4 is 17.3 Å². The van der Waals surface area contributed by atoms with Gasteiger partial charge in [-0.2, -0.15) is 0 Å². The SMILES string of the molecule is CCCCCCCCCCCC1CN=[C]S1. The lowest BCUT2D eigenvalue weighted by Crippen LogP contribution is -2.01. The van der Waals surface area contributed by atoms with E-state index in [1.54, 1.807) is 11.8 Å². The number of thioether (sulfide) groups is 1. The fourth-order valence-corrected chi connectivity index (χ4v) is 2.85. The van der Waals surface area contributed by atoms with Crippen LogP contribution in [0.15, 0.2) is 4.99 Å². The van der Waals surface area contributed by atoms with Gasteiger partial charge in [-0.15, -0.1) is 0 Å². The monoisotopic (exact) mass is 240 g/mol. The number of hydrogen-bond acceptors (Lipinski definition) is 2. The van der Waals surface area contributed by atoms with E-state index < -0.39 is 0 Å². The maximum Gasteiger partial charge on any atom is 0.123 e. The van der Waals surface area contributed by atoms with Gasteiger partial charge in [0, 0.05) is 5.25 Å². The topological polar surface area (TPSA) is 12.4 Å². The van der Waals surface area contributed by atoms with Crippen LogP contribution in [0.4, 0.5) is 0 Å². The van der Waals surface area contributed by atoms with Crippen molar-refractivity contribution in [3.05, 3.63) is 0 Å². The van der Waals surface area contributed by atoms with Crippen LogP contribution in [0, 0.1) is 0 Å². The van der Waals surface area contributed by atoms with Gasteiger partial charge in [-0.1, -0.05) is 76.5 Å². The molecule has 93 valence electrons. The number of unbranched alkanes of at least 4 members (excludes halogenated alkanes) is 8. The number of aliphatic imine (C=N–C) groups is 1. The van der Waals surface area contributed by atoms with Crippen LogP contribution < -0.4 is 0 Å². The summed E-state index contributed by atoms with van der Waals surface area (Å²) in [5.41, 5.74) is 2.99. The summed E-state index contributed by atoms with van der Waals surface area (Å²) in [7, 11) is 0. The van der Waals surface area contributed by atoms with Crippen molar-refractivity contribution < 1.29 is 0 Å². The maximum atomic E-state index is 4.13. The van der Waals surface area contributed by atoms with Crippen molar-refractivity contribution in [3.8, 4) is 0 Å². The first-order chi connectivity index (χ1) is 7.93. The molecule has 16 heavy (non-hydrogen) atoms. The van der Waals surface area contributed by atoms with E-state index >= 15 is 0 Å². The molecular formula is C14H26NS. The number of hydrogen-bond donors (Lipinski definition) is 0. The van der Waals surface area contributed by atoms with Gasteiger partial charge >= 0.3 is 0 Å². The van der Waals surface area contributed by atoms with Crippen molar-refractivity contribution in [1.82, 2.24) is 0 Å². The average Bonchev–Trinajstić information content (AvgIpc) is 2.80. The van der Waals surface area contributed by atoms with Gasteiger partial charge < -0.3 is 0 Å². The lowest BCUT2D eigenvalue weighted by atomic mass is 10.1. The lowest BCUT2D eigenvalue weighted by molar-refractivity contribution is 0.554. The molecule has 1 unspecified atom stereocenters. The minimum Gasteiger partial charge on any atom is -0.274 e. The van der Waals surface area contributed by atoms with Crippen molar-refractivity contribution in [2.24, 2.45) is 4.99 Å². The highest BCUT2D eigenvalue weighted by Crippen LogP contribution is 2.21. The van der Waals surface area contributed by atoms with Gasteiger partial charge in [0.1, 0.15) is 5.55 Å². The summed E-state index contributed by atoms with van der Waals surface area (Å²) in [5, 5.41) is 0.754. The first kappa shape index (κ1) is 14.1. The third-order valence-corrected chi connectivity index (χ3v) is 4.16. The summed E-state index contributed by atoms with van der Waals surface area (Å²) < 4.78 is 0. The molecule has 0 aromatic carbocycles. The summed E-state index contributed by atoms with van der Waals surface area (Å²) in [6, 6.07) is 0. The molecule has 1 heterocycles. The quantitative estimate of drug-likeness (QED) is 0.493. The van der Waals surface area contributed by atoms with E-state index in [0.29, 0.717) is 0 Å². The van der Waals surface area contributed by atoms with Crippen LogP contribution in [0.1, 0.15) is 71.1 Å². The van der Waals surface area contributed by atoms with Crippen molar-refractivity contribution in [2.75, 3.05) is 6.54 Å². The third kappa shape index (κ3) is 7.32. The summed E-state index contributed by atoms with van der Waals surface area (Å²) in [4.78, 5) is 4.13. The van der Waals surface area contributed by atoms with E-state index in [9.17, 15) is 0 Å². The molecule has 1 atom stereocenters. The molecular weight excluding hydrogens is 214 g/mol. The first-order valence-corrected chi connectivity index (χ1v) is 7.88. The molecule has 1 radical (unpaired) electrons. The lowest BCUT2D eigenvalue weighted by Gasteiger charge is -2.06. The smallest absolute Gasteiger partial charge is 0.123 e. The van der Waals surface area contributed by atoms with Crippen LogP contribution >= 0.6 is 11.8 Å². The van der Waals surface area contributed by atoms with Gasteiger partial charge in [0.2, 0.25) is 0 Å². The summed E-state index contributed by atoms with van der Waals surface area (Å²) in [6.07, 6.45) is 14.2. The Labute approximate surface area is 105 Å². The first-order valence-electron chi connectivity index (χ1n) is 7.00. The molecule has 1 aliphatic heterocycles. The van der Waals surface area contributed by atoms with E-state index in [1.807, 2.05) is 0 Å². The molecule has 0 saturated heterocycles. The van der Waals surface area contributed by atoms with Gasteiger partial charge in [0.05, 0.1) is 6.54 Å². The molecule has 0 aliphatic carbocycles. The van der Waals surface area contributed by atoms with Crippen LogP contribution in [0.5, 0.6) is 0 Å². The molecule has 2 heteroatoms. The van der Waals surface area contributed by atoms with Crippen LogP contribution in [0.25, 0.3) is 0 Å². The zero-order chi connectivity index (χ0) is 11.5. The molecule has 0 aromatic heterocycles. The fraction of sp³-hybridized carbons (Fsp3) is 0.929. The van der Waals surface area contributed by atoms with Crippen LogP contribution in [-0.2, 0) is 0 Å². The Morgan fingerprint density at radius 3 is 2.19 bits per heavy atom. The second-order valence-corrected chi connectivity index (χ2v) is 5.87. The maximum absolute atomic E-state index is 4.13. The fourth-order valence-electron chi connectivity index (χ4n) is 2.12. The molecule has 1 aliphatic rings. The Morgan fingerprint density at radius 2 is 1.62 bits per heavy atom. The van der Waals surface area contributed by atoms with Gasteiger partial charge in [-0.3, -0.25) is 4.99 Å². The molecule has 0 amide bonds. The highest BCUT2D eigenvalue weighted by molar-refractivity contribution is 8.12.